The van der Waals surface area contributed by atoms with Crippen LogP contribution in [-0.2, 0) is 4.74 Å². The van der Waals surface area contributed by atoms with Gasteiger partial charge in [-0.1, -0.05) is 36.2 Å². The number of benzene rings is 1. The van der Waals surface area contributed by atoms with Crippen LogP contribution in [0.5, 0.6) is 0 Å². The van der Waals surface area contributed by atoms with Gasteiger partial charge in [-0.3, -0.25) is 0 Å². The summed E-state index contributed by atoms with van der Waals surface area (Å²) >= 11 is 0. The maximum Gasteiger partial charge on any atom is 0.0872 e. The lowest BCUT2D eigenvalue weighted by Crippen LogP contribution is -2.50. The van der Waals surface area contributed by atoms with Gasteiger partial charge in [0.1, 0.15) is 0 Å². The third-order valence-corrected chi connectivity index (χ3v) is 4.31. The van der Waals surface area contributed by atoms with Crippen molar-refractivity contribution in [3.63, 3.8) is 0 Å². The fourth-order valence-electron chi connectivity index (χ4n) is 3.21. The van der Waals surface area contributed by atoms with Crippen molar-refractivity contribution in [3.8, 4) is 0 Å². The Bertz CT molecular complexity index is 398. The van der Waals surface area contributed by atoms with Gasteiger partial charge in [0.2, 0.25) is 0 Å². The Kier molecular flexibility index (Phi) is 4.64. The second-order valence-electron chi connectivity index (χ2n) is 5.93. The third-order valence-electron chi connectivity index (χ3n) is 4.31. The standard InChI is InChI=1S/C17H27NO/c1-5-9-18-16(17(19-4)7-6-8-17)15-11-13(2)10-14(3)12-15/h10-12,16,18H,5-9H2,1-4H3. The van der Waals surface area contributed by atoms with Crippen LogP contribution in [0, 0.1) is 13.8 Å². The molecule has 19 heavy (non-hydrogen) atoms. The summed E-state index contributed by atoms with van der Waals surface area (Å²) in [6.45, 7) is 7.61. The van der Waals surface area contributed by atoms with E-state index in [1.54, 1.807) is 0 Å². The number of aryl methyl sites for hydroxylation is 2. The van der Waals surface area contributed by atoms with Crippen LogP contribution in [-0.4, -0.2) is 19.3 Å². The molecule has 106 valence electrons. The van der Waals surface area contributed by atoms with E-state index < -0.39 is 0 Å². The van der Waals surface area contributed by atoms with Crippen molar-refractivity contribution in [1.29, 1.82) is 0 Å². The predicted octanol–water partition coefficient (Wildman–Crippen LogP) is 3.91. The first-order valence-electron chi connectivity index (χ1n) is 7.48. The first-order chi connectivity index (χ1) is 9.11. The zero-order valence-corrected chi connectivity index (χ0v) is 12.8. The van der Waals surface area contributed by atoms with Crippen molar-refractivity contribution >= 4 is 0 Å². The van der Waals surface area contributed by atoms with E-state index in [0.29, 0.717) is 6.04 Å². The van der Waals surface area contributed by atoms with Crippen molar-refractivity contribution in [2.24, 2.45) is 0 Å². The summed E-state index contributed by atoms with van der Waals surface area (Å²) < 4.78 is 5.90. The van der Waals surface area contributed by atoms with Gasteiger partial charge in [0, 0.05) is 7.11 Å². The van der Waals surface area contributed by atoms with Crippen LogP contribution in [0.25, 0.3) is 0 Å². The molecule has 1 aliphatic carbocycles. The van der Waals surface area contributed by atoms with E-state index in [1.807, 2.05) is 7.11 Å². The average molecular weight is 261 g/mol. The summed E-state index contributed by atoms with van der Waals surface area (Å²) in [7, 11) is 1.86. The lowest BCUT2D eigenvalue weighted by atomic mass is 9.72. The maximum atomic E-state index is 5.90. The molecular weight excluding hydrogens is 234 g/mol. The Labute approximate surface area is 117 Å². The van der Waals surface area contributed by atoms with Crippen LogP contribution < -0.4 is 5.32 Å². The topological polar surface area (TPSA) is 21.3 Å². The summed E-state index contributed by atoms with van der Waals surface area (Å²) in [4.78, 5) is 0. The zero-order valence-electron chi connectivity index (χ0n) is 12.8. The molecule has 0 amide bonds. The predicted molar refractivity (Wildman–Crippen MR) is 80.5 cm³/mol. The van der Waals surface area contributed by atoms with Crippen molar-refractivity contribution in [3.05, 3.63) is 34.9 Å². The van der Waals surface area contributed by atoms with E-state index in [4.69, 9.17) is 4.74 Å². The fourth-order valence-corrected chi connectivity index (χ4v) is 3.21. The van der Waals surface area contributed by atoms with Crippen molar-refractivity contribution in [1.82, 2.24) is 5.32 Å². The zero-order chi connectivity index (χ0) is 13.9. The van der Waals surface area contributed by atoms with Gasteiger partial charge in [0.05, 0.1) is 11.6 Å². The highest BCUT2D eigenvalue weighted by atomic mass is 16.5. The monoisotopic (exact) mass is 261 g/mol. The molecule has 1 saturated carbocycles. The number of rotatable bonds is 6. The molecule has 1 fully saturated rings. The van der Waals surface area contributed by atoms with Gasteiger partial charge in [0.25, 0.3) is 0 Å². The van der Waals surface area contributed by atoms with Gasteiger partial charge in [-0.2, -0.15) is 0 Å². The highest BCUT2D eigenvalue weighted by Crippen LogP contribution is 2.45. The van der Waals surface area contributed by atoms with Gasteiger partial charge in [-0.05, 0) is 51.6 Å². The Hall–Kier alpha value is -0.860. The average Bonchev–Trinajstić information content (AvgIpc) is 2.31. The van der Waals surface area contributed by atoms with Crippen LogP contribution in [0.4, 0.5) is 0 Å². The fraction of sp³-hybridized carbons (Fsp3) is 0.647. The molecule has 0 bridgehead atoms. The second kappa shape index (κ2) is 6.06. The smallest absolute Gasteiger partial charge is 0.0872 e. The highest BCUT2D eigenvalue weighted by molar-refractivity contribution is 5.33. The molecule has 0 aliphatic heterocycles. The molecule has 2 heteroatoms. The van der Waals surface area contributed by atoms with Crippen LogP contribution in [0.2, 0.25) is 0 Å². The molecule has 0 saturated heterocycles. The SMILES string of the molecule is CCCNC(c1cc(C)cc(C)c1)C1(OC)CCC1. The van der Waals surface area contributed by atoms with Crippen LogP contribution in [0.3, 0.4) is 0 Å². The lowest BCUT2D eigenvalue weighted by molar-refractivity contribution is -0.0997. The van der Waals surface area contributed by atoms with Crippen molar-refractivity contribution in [2.75, 3.05) is 13.7 Å². The third kappa shape index (κ3) is 3.01. The van der Waals surface area contributed by atoms with Crippen molar-refractivity contribution in [2.45, 2.75) is 58.1 Å². The van der Waals surface area contributed by atoms with E-state index >= 15 is 0 Å². The first kappa shape index (κ1) is 14.5. The summed E-state index contributed by atoms with van der Waals surface area (Å²) in [6, 6.07) is 7.17. The molecule has 1 N–H and O–H groups in total. The van der Waals surface area contributed by atoms with Crippen LogP contribution >= 0.6 is 0 Å². The second-order valence-corrected chi connectivity index (χ2v) is 5.93. The Balaban J connectivity index is 2.30. The number of hydrogen-bond donors (Lipinski definition) is 1. The Morgan fingerprint density at radius 1 is 1.21 bits per heavy atom. The van der Waals surface area contributed by atoms with Gasteiger partial charge in [-0.15, -0.1) is 0 Å². The molecule has 1 unspecified atom stereocenters. The number of methoxy groups -OCH3 is 1. The van der Waals surface area contributed by atoms with E-state index in [1.165, 1.54) is 23.1 Å². The van der Waals surface area contributed by atoms with Gasteiger partial charge in [0.15, 0.2) is 0 Å². The van der Waals surface area contributed by atoms with E-state index in [0.717, 1.165) is 25.8 Å². The molecule has 0 radical (unpaired) electrons. The molecule has 1 atom stereocenters. The summed E-state index contributed by atoms with van der Waals surface area (Å²) in [6.07, 6.45) is 4.76. The normalized spacial score (nSPS) is 18.9. The van der Waals surface area contributed by atoms with Crippen LogP contribution in [0.15, 0.2) is 18.2 Å². The van der Waals surface area contributed by atoms with Crippen LogP contribution in [0.1, 0.15) is 55.3 Å². The van der Waals surface area contributed by atoms with Crippen molar-refractivity contribution < 1.29 is 4.74 Å². The summed E-state index contributed by atoms with van der Waals surface area (Å²) in [5, 5.41) is 3.71. The minimum Gasteiger partial charge on any atom is -0.376 e. The van der Waals surface area contributed by atoms with E-state index in [9.17, 15) is 0 Å². The number of ether oxygens (including phenoxy) is 1. The molecule has 1 aliphatic rings. The largest absolute Gasteiger partial charge is 0.376 e. The molecule has 0 spiro atoms. The maximum absolute atomic E-state index is 5.90. The number of nitrogens with one attached hydrogen (secondary N) is 1. The Morgan fingerprint density at radius 2 is 1.84 bits per heavy atom. The molecule has 2 nitrogen and oxygen atoms in total. The molecule has 1 aromatic rings. The first-order valence-corrected chi connectivity index (χ1v) is 7.48. The van der Waals surface area contributed by atoms with E-state index in [2.05, 4.69) is 44.3 Å². The minimum absolute atomic E-state index is 0.00933. The van der Waals surface area contributed by atoms with Gasteiger partial charge in [-0.25, -0.2) is 0 Å². The summed E-state index contributed by atoms with van der Waals surface area (Å²) in [5.74, 6) is 0. The Morgan fingerprint density at radius 3 is 2.26 bits per heavy atom. The van der Waals surface area contributed by atoms with Gasteiger partial charge < -0.3 is 10.1 Å². The molecule has 1 aromatic carbocycles. The minimum atomic E-state index is 0.00933. The van der Waals surface area contributed by atoms with Gasteiger partial charge >= 0.3 is 0 Å². The summed E-state index contributed by atoms with van der Waals surface area (Å²) in [5.41, 5.74) is 4.07. The molecular formula is C17H27NO. The number of hydrogen-bond acceptors (Lipinski definition) is 2. The molecule has 0 aromatic heterocycles. The highest BCUT2D eigenvalue weighted by Gasteiger charge is 2.44. The molecule has 0 heterocycles. The van der Waals surface area contributed by atoms with E-state index in [-0.39, 0.29) is 5.60 Å². The molecule has 2 rings (SSSR count). The quantitative estimate of drug-likeness (QED) is 0.838. The lowest BCUT2D eigenvalue weighted by Gasteiger charge is -2.47.